The van der Waals surface area contributed by atoms with E-state index in [-0.39, 0.29) is 24.3 Å². The molecule has 1 saturated heterocycles. The van der Waals surface area contributed by atoms with Crippen molar-refractivity contribution in [1.82, 2.24) is 20.9 Å². The second-order valence-corrected chi connectivity index (χ2v) is 8.40. The van der Waals surface area contributed by atoms with Crippen LogP contribution in [0.3, 0.4) is 0 Å². The van der Waals surface area contributed by atoms with Crippen molar-refractivity contribution >= 4 is 29.9 Å². The van der Waals surface area contributed by atoms with Gasteiger partial charge < -0.3 is 31.4 Å². The van der Waals surface area contributed by atoms with Gasteiger partial charge in [0.2, 0.25) is 23.6 Å². The Bertz CT molecular complexity index is 649. The predicted octanol–water partition coefficient (Wildman–Crippen LogP) is -1.08. The molecule has 4 amide bonds. The Hall–Kier alpha value is -2.49. The van der Waals surface area contributed by atoms with Crippen LogP contribution < -0.4 is 21.7 Å². The number of amides is 4. The molecule has 10 heteroatoms. The fourth-order valence-corrected chi connectivity index (χ4v) is 3.22. The molecule has 0 saturated carbocycles. The van der Waals surface area contributed by atoms with Crippen LogP contribution in [0.4, 0.5) is 0 Å². The molecule has 0 aromatic carbocycles. The Labute approximate surface area is 177 Å². The van der Waals surface area contributed by atoms with E-state index in [1.807, 2.05) is 0 Å². The van der Waals surface area contributed by atoms with Crippen molar-refractivity contribution in [2.24, 2.45) is 17.6 Å². The molecule has 10 nitrogen and oxygen atoms in total. The summed E-state index contributed by atoms with van der Waals surface area (Å²) in [6.45, 7) is 8.77. The van der Waals surface area contributed by atoms with Gasteiger partial charge in [-0.1, -0.05) is 27.7 Å². The minimum Gasteiger partial charge on any atom is -0.345 e. The highest BCUT2D eigenvalue weighted by Gasteiger charge is 2.35. The molecule has 0 aliphatic carbocycles. The van der Waals surface area contributed by atoms with Crippen molar-refractivity contribution in [2.45, 2.75) is 71.6 Å². The monoisotopic (exact) mass is 425 g/mol. The van der Waals surface area contributed by atoms with Gasteiger partial charge in [-0.2, -0.15) is 0 Å². The third kappa shape index (κ3) is 7.08. The molecule has 0 unspecified atom stereocenters. The molecular formula is C20H35N5O5. The summed E-state index contributed by atoms with van der Waals surface area (Å²) in [7, 11) is 0. The van der Waals surface area contributed by atoms with E-state index in [2.05, 4.69) is 16.0 Å². The van der Waals surface area contributed by atoms with Crippen molar-refractivity contribution in [3.05, 3.63) is 0 Å². The number of hydrogen-bond donors (Lipinski definition) is 4. The lowest BCUT2D eigenvalue weighted by molar-refractivity contribution is -0.140. The first kappa shape index (κ1) is 25.5. The van der Waals surface area contributed by atoms with Crippen molar-refractivity contribution < 1.29 is 24.0 Å². The van der Waals surface area contributed by atoms with Gasteiger partial charge in [0, 0.05) is 6.54 Å². The van der Waals surface area contributed by atoms with Crippen LogP contribution in [-0.4, -0.2) is 72.1 Å². The Balaban J connectivity index is 2.69. The maximum atomic E-state index is 12.8. The SMILES string of the molecule is CC(C)[C@H](NC(=O)[C@H](C)N)C(=O)NCC(=O)N[C@H](C(=O)N1CCC[C@H]1C=O)C(C)C. The van der Waals surface area contributed by atoms with E-state index in [9.17, 15) is 24.0 Å². The summed E-state index contributed by atoms with van der Waals surface area (Å²) in [5.41, 5.74) is 5.52. The van der Waals surface area contributed by atoms with Crippen molar-refractivity contribution in [2.75, 3.05) is 13.1 Å². The van der Waals surface area contributed by atoms with Gasteiger partial charge in [-0.25, -0.2) is 0 Å². The van der Waals surface area contributed by atoms with Gasteiger partial charge in [0.25, 0.3) is 0 Å². The lowest BCUT2D eigenvalue weighted by Gasteiger charge is -2.29. The number of nitrogens with two attached hydrogens (primary N) is 1. The van der Waals surface area contributed by atoms with Crippen LogP contribution in [-0.2, 0) is 24.0 Å². The summed E-state index contributed by atoms with van der Waals surface area (Å²) in [5.74, 6) is -2.21. The zero-order valence-corrected chi connectivity index (χ0v) is 18.4. The van der Waals surface area contributed by atoms with Gasteiger partial charge in [0.15, 0.2) is 0 Å². The Morgan fingerprint density at radius 1 is 1.00 bits per heavy atom. The van der Waals surface area contributed by atoms with Crippen molar-refractivity contribution in [1.29, 1.82) is 0 Å². The van der Waals surface area contributed by atoms with Gasteiger partial charge in [0.1, 0.15) is 18.4 Å². The lowest BCUT2D eigenvalue weighted by Crippen LogP contribution is -2.56. The summed E-state index contributed by atoms with van der Waals surface area (Å²) in [5, 5.41) is 7.71. The summed E-state index contributed by atoms with van der Waals surface area (Å²) in [4.78, 5) is 62.1. The van der Waals surface area contributed by atoms with E-state index in [0.717, 1.165) is 12.7 Å². The van der Waals surface area contributed by atoms with Crippen LogP contribution in [0.15, 0.2) is 0 Å². The predicted molar refractivity (Wildman–Crippen MR) is 111 cm³/mol. The molecule has 170 valence electrons. The number of hydrogen-bond acceptors (Lipinski definition) is 6. The second-order valence-electron chi connectivity index (χ2n) is 8.40. The molecule has 0 bridgehead atoms. The molecule has 1 heterocycles. The van der Waals surface area contributed by atoms with E-state index < -0.39 is 41.9 Å². The average molecular weight is 426 g/mol. The molecular weight excluding hydrogens is 390 g/mol. The molecule has 4 atom stereocenters. The number of carbonyl (C=O) groups is 5. The standard InChI is InChI=1S/C20H35N5O5/c1-11(2)16(24-18(28)13(5)21)19(29)22-9-15(27)23-17(12(3)4)20(30)25-8-6-7-14(25)10-26/h10-14,16-17H,6-9,21H2,1-5H3,(H,22,29)(H,23,27)(H,24,28)/t13-,14-,16-,17-/m0/s1. The Morgan fingerprint density at radius 2 is 1.60 bits per heavy atom. The largest absolute Gasteiger partial charge is 0.345 e. The molecule has 0 aromatic heterocycles. The van der Waals surface area contributed by atoms with Crippen LogP contribution >= 0.6 is 0 Å². The minimum atomic E-state index is -0.836. The zero-order valence-electron chi connectivity index (χ0n) is 18.4. The maximum Gasteiger partial charge on any atom is 0.246 e. The topological polar surface area (TPSA) is 151 Å². The summed E-state index contributed by atoms with van der Waals surface area (Å²) >= 11 is 0. The Morgan fingerprint density at radius 3 is 2.10 bits per heavy atom. The fraction of sp³-hybridized carbons (Fsp3) is 0.750. The molecule has 0 spiro atoms. The number of likely N-dealkylation sites (tertiary alicyclic amines) is 1. The van der Waals surface area contributed by atoms with E-state index in [4.69, 9.17) is 5.73 Å². The van der Waals surface area contributed by atoms with E-state index in [0.29, 0.717) is 13.0 Å². The first-order valence-corrected chi connectivity index (χ1v) is 10.4. The highest BCUT2D eigenvalue weighted by molar-refractivity contribution is 5.93. The van der Waals surface area contributed by atoms with Crippen LogP contribution in [0, 0.1) is 11.8 Å². The molecule has 1 aliphatic rings. The van der Waals surface area contributed by atoms with Crippen LogP contribution in [0.25, 0.3) is 0 Å². The first-order valence-electron chi connectivity index (χ1n) is 10.4. The maximum absolute atomic E-state index is 12.8. The molecule has 1 rings (SSSR count). The van der Waals surface area contributed by atoms with E-state index >= 15 is 0 Å². The number of nitrogens with zero attached hydrogens (tertiary/aromatic N) is 1. The van der Waals surface area contributed by atoms with Crippen molar-refractivity contribution in [3.8, 4) is 0 Å². The number of carbonyl (C=O) groups excluding carboxylic acids is 5. The third-order valence-electron chi connectivity index (χ3n) is 5.07. The quantitative estimate of drug-likeness (QED) is 0.327. The first-order chi connectivity index (χ1) is 14.0. The van der Waals surface area contributed by atoms with Crippen LogP contribution in [0.5, 0.6) is 0 Å². The Kier molecular flexibility index (Phi) is 9.91. The van der Waals surface area contributed by atoms with Gasteiger partial charge in [-0.05, 0) is 31.6 Å². The highest BCUT2D eigenvalue weighted by atomic mass is 16.2. The average Bonchev–Trinajstić information content (AvgIpc) is 3.15. The molecule has 30 heavy (non-hydrogen) atoms. The molecule has 1 fully saturated rings. The summed E-state index contributed by atoms with van der Waals surface area (Å²) in [6, 6.07) is -2.86. The summed E-state index contributed by atoms with van der Waals surface area (Å²) in [6.07, 6.45) is 2.12. The molecule has 0 radical (unpaired) electrons. The van der Waals surface area contributed by atoms with Crippen LogP contribution in [0.2, 0.25) is 0 Å². The van der Waals surface area contributed by atoms with Gasteiger partial charge in [-0.15, -0.1) is 0 Å². The zero-order chi connectivity index (χ0) is 23.0. The number of rotatable bonds is 10. The van der Waals surface area contributed by atoms with Gasteiger partial charge in [0.05, 0.1) is 18.6 Å². The van der Waals surface area contributed by atoms with Crippen molar-refractivity contribution in [3.63, 3.8) is 0 Å². The van der Waals surface area contributed by atoms with Crippen LogP contribution in [0.1, 0.15) is 47.5 Å². The van der Waals surface area contributed by atoms with E-state index in [1.54, 1.807) is 27.7 Å². The summed E-state index contributed by atoms with van der Waals surface area (Å²) < 4.78 is 0. The molecule has 0 aromatic rings. The molecule has 1 aliphatic heterocycles. The van der Waals surface area contributed by atoms with Gasteiger partial charge >= 0.3 is 0 Å². The normalized spacial score (nSPS) is 19.2. The fourth-order valence-electron chi connectivity index (χ4n) is 3.22. The van der Waals surface area contributed by atoms with E-state index in [1.165, 1.54) is 11.8 Å². The number of aldehydes is 1. The smallest absolute Gasteiger partial charge is 0.246 e. The highest BCUT2D eigenvalue weighted by Crippen LogP contribution is 2.18. The second kappa shape index (κ2) is 11.6. The minimum absolute atomic E-state index is 0.196. The lowest BCUT2D eigenvalue weighted by atomic mass is 10.0. The molecule has 5 N–H and O–H groups in total. The van der Waals surface area contributed by atoms with Gasteiger partial charge in [-0.3, -0.25) is 19.2 Å². The third-order valence-corrected chi connectivity index (χ3v) is 5.07. The number of nitrogens with one attached hydrogen (secondary N) is 3.